The van der Waals surface area contributed by atoms with Crippen LogP contribution >= 0.6 is 46.4 Å². The van der Waals surface area contributed by atoms with E-state index in [9.17, 15) is 83.6 Å². The molecular weight excluding hydrogens is 736 g/mol. The molecule has 0 heterocycles. The average Bonchev–Trinajstić information content (AvgIpc) is 2.58. The first-order valence-electron chi connectivity index (χ1n) is 6.87. The molecule has 0 aromatic carbocycles. The second-order valence-corrected chi connectivity index (χ2v) is 5.31. The van der Waals surface area contributed by atoms with E-state index in [-0.39, 0.29) is 19.5 Å². The molecule has 0 spiro atoms. The van der Waals surface area contributed by atoms with Crippen molar-refractivity contribution in [2.75, 3.05) is 7.15 Å². The maximum Gasteiger partial charge on any atom is 0.574 e. The van der Waals surface area contributed by atoms with Gasteiger partial charge in [-0.3, -0.25) is 4.39 Å². The van der Waals surface area contributed by atoms with Crippen LogP contribution in [0.3, 0.4) is 0 Å². The average molecular weight is 740 g/mol. The molecular formula is C10H3Cl4F19O3Zn. The summed E-state index contributed by atoms with van der Waals surface area (Å²) >= 11 is 16.5. The first kappa shape index (κ1) is 46.5. The van der Waals surface area contributed by atoms with Gasteiger partial charge in [0.25, 0.3) is 0 Å². The molecule has 0 aliphatic heterocycles. The standard InChI is InChI=1S/C3Cl2F6O.C3F6O.C2Cl2F2.CF4O.CH3F.Zn/c4-1(6,7)2(5,8)12-3(9,10)11;4-1(5)2(6)10-3(7,8)9;3-1(5)2(4)6;2-1(3,4)6-5;1-2;/h;;;;1H3;/b;;2-1-;;;/i;;;;1D;. The van der Waals surface area contributed by atoms with Crippen molar-refractivity contribution in [1.29, 1.82) is 0 Å². The molecule has 0 bridgehead atoms. The predicted octanol–water partition coefficient (Wildman–Crippen LogP) is 10.3. The van der Waals surface area contributed by atoms with Crippen molar-refractivity contribution in [2.45, 2.75) is 29.8 Å². The zero-order valence-electron chi connectivity index (χ0n) is 16.8. The van der Waals surface area contributed by atoms with Gasteiger partial charge < -0.3 is 4.74 Å². The molecule has 0 saturated carbocycles. The third-order valence-corrected chi connectivity index (χ3v) is 2.24. The fourth-order valence-electron chi connectivity index (χ4n) is 0.343. The zero-order chi connectivity index (χ0) is 31.6. The van der Waals surface area contributed by atoms with Gasteiger partial charge in [-0.15, -0.1) is 39.5 Å². The van der Waals surface area contributed by atoms with Crippen LogP contribution in [0.15, 0.2) is 22.7 Å². The van der Waals surface area contributed by atoms with E-state index in [0.717, 1.165) is 0 Å². The molecule has 1 unspecified atom stereocenters. The topological polar surface area (TPSA) is 27.7 Å². The Kier molecular flexibility index (Phi) is 27.0. The summed E-state index contributed by atoms with van der Waals surface area (Å²) in [5.41, 5.74) is 0. The van der Waals surface area contributed by atoms with Gasteiger partial charge in [0.2, 0.25) is 10.6 Å². The van der Waals surface area contributed by atoms with Crippen molar-refractivity contribution in [3.8, 4) is 0 Å². The summed E-state index contributed by atoms with van der Waals surface area (Å²) < 4.78 is 216. The summed E-state index contributed by atoms with van der Waals surface area (Å²) in [6, 6.07) is -2.92. The van der Waals surface area contributed by atoms with E-state index in [1.54, 1.807) is 0 Å². The fourth-order valence-corrected chi connectivity index (χ4v) is 0.469. The Balaban J connectivity index is -0.0000000891. The van der Waals surface area contributed by atoms with Crippen LogP contribution in [0.25, 0.3) is 0 Å². The minimum Gasteiger partial charge on any atom is -0.374 e. The van der Waals surface area contributed by atoms with Crippen LogP contribution in [0.1, 0.15) is 1.37 Å². The maximum absolute atomic E-state index is 12.0. The number of ether oxygens (including phenoxy) is 2. The molecule has 0 N–H and O–H groups in total. The molecule has 0 amide bonds. The van der Waals surface area contributed by atoms with E-state index < -0.39 is 59.6 Å². The third kappa shape index (κ3) is 43.0. The van der Waals surface area contributed by atoms with Crippen LogP contribution in [0, 0.1) is 0 Å². The smallest absolute Gasteiger partial charge is 0.374 e. The largest absolute Gasteiger partial charge is 0.574 e. The Bertz CT molecular complexity index is 643. The summed E-state index contributed by atoms with van der Waals surface area (Å²) in [6.45, 7) is 0. The van der Waals surface area contributed by atoms with Gasteiger partial charge in [0.05, 0.1) is 8.52 Å². The number of hydrogen-bond donors (Lipinski definition) is 0. The van der Waals surface area contributed by atoms with Gasteiger partial charge in [-0.05, 0) is 50.9 Å². The van der Waals surface area contributed by atoms with Gasteiger partial charge in [-0.25, -0.2) is 4.74 Å². The van der Waals surface area contributed by atoms with Gasteiger partial charge in [-0.2, -0.15) is 35.1 Å². The van der Waals surface area contributed by atoms with Crippen molar-refractivity contribution in [3.05, 3.63) is 22.7 Å². The van der Waals surface area contributed by atoms with Crippen molar-refractivity contribution < 1.29 is 119 Å². The van der Waals surface area contributed by atoms with E-state index in [1.165, 1.54) is 4.94 Å². The number of hydrogen-bond acceptors (Lipinski definition) is 3. The SMILES string of the molecule is F/C(Cl)=C(\F)Cl.FC(F)(F)OC(F)(Cl)C(F)(F)Cl.FC(F)=C(F)OC(F)(F)F.FOC(F)(F)F.[2H]CF.[Zn]. The summed E-state index contributed by atoms with van der Waals surface area (Å²) in [4.78, 5) is 1.44. The first-order chi connectivity index (χ1) is 15.9. The van der Waals surface area contributed by atoms with E-state index in [0.29, 0.717) is 0 Å². The Labute approximate surface area is 225 Å². The minimum atomic E-state index is -5.63. The van der Waals surface area contributed by atoms with Crippen LogP contribution in [-0.4, -0.2) is 36.9 Å². The number of alkyl halides is 15. The third-order valence-electron chi connectivity index (χ3n) is 1.16. The Morgan fingerprint density at radius 1 is 0.676 bits per heavy atom. The normalized spacial score (nSPS) is 13.9. The molecule has 0 saturated heterocycles. The molecule has 37 heavy (non-hydrogen) atoms. The molecule has 27 heteroatoms. The van der Waals surface area contributed by atoms with Crippen LogP contribution in [0.4, 0.5) is 83.6 Å². The van der Waals surface area contributed by atoms with Crippen molar-refractivity contribution in [3.63, 3.8) is 0 Å². The van der Waals surface area contributed by atoms with Crippen LogP contribution in [0.5, 0.6) is 0 Å². The molecule has 0 aliphatic rings. The molecule has 3 nitrogen and oxygen atoms in total. The second-order valence-electron chi connectivity index (χ2n) is 3.69. The fraction of sp³-hybridized carbons (Fsp3) is 0.600. The Morgan fingerprint density at radius 3 is 1.00 bits per heavy atom. The molecule has 224 valence electrons. The van der Waals surface area contributed by atoms with E-state index in [2.05, 4.69) is 55.9 Å². The van der Waals surface area contributed by atoms with Gasteiger partial charge in [0.15, 0.2) is 0 Å². The van der Waals surface area contributed by atoms with E-state index >= 15 is 0 Å². The van der Waals surface area contributed by atoms with Crippen molar-refractivity contribution in [1.82, 2.24) is 0 Å². The summed E-state index contributed by atoms with van der Waals surface area (Å²) in [5, 5.41) is -12.8. The number of halogens is 23. The van der Waals surface area contributed by atoms with E-state index in [1.807, 2.05) is 0 Å². The molecule has 1 atom stereocenters. The molecule has 0 rings (SSSR count). The summed E-state index contributed by atoms with van der Waals surface area (Å²) in [6.07, 6.45) is -19.3. The summed E-state index contributed by atoms with van der Waals surface area (Å²) in [7, 11) is -1.00. The number of rotatable bonds is 3. The molecule has 0 aliphatic carbocycles. The van der Waals surface area contributed by atoms with E-state index in [4.69, 9.17) is 1.37 Å². The van der Waals surface area contributed by atoms with Gasteiger partial charge in [-0.1, -0.05) is 4.94 Å². The predicted molar refractivity (Wildman–Crippen MR) is 81.4 cm³/mol. The van der Waals surface area contributed by atoms with Gasteiger partial charge >= 0.3 is 41.9 Å². The minimum absolute atomic E-state index is 0. The molecule has 0 aromatic heterocycles. The molecule has 0 fully saturated rings. The summed E-state index contributed by atoms with van der Waals surface area (Å²) in [5.74, 6) is 0. The Morgan fingerprint density at radius 2 is 0.946 bits per heavy atom. The quantitative estimate of drug-likeness (QED) is 0.125. The monoisotopic (exact) mass is 737 g/mol. The Hall–Kier alpha value is -0.347. The van der Waals surface area contributed by atoms with Gasteiger partial charge in [0.1, 0.15) is 0 Å². The van der Waals surface area contributed by atoms with Gasteiger partial charge in [0, 0.05) is 19.5 Å². The van der Waals surface area contributed by atoms with Crippen molar-refractivity contribution >= 4 is 46.4 Å². The zero-order valence-corrected chi connectivity index (χ0v) is 21.8. The van der Waals surface area contributed by atoms with Crippen LogP contribution in [0.2, 0.25) is 0 Å². The van der Waals surface area contributed by atoms with Crippen molar-refractivity contribution in [2.24, 2.45) is 0 Å². The van der Waals surface area contributed by atoms with Crippen LogP contribution < -0.4 is 0 Å². The molecule has 0 aromatic rings. The van der Waals surface area contributed by atoms with Crippen LogP contribution in [-0.2, 0) is 33.9 Å². The first-order valence-corrected chi connectivity index (χ1v) is 7.67. The second kappa shape index (κ2) is 21.5. The maximum atomic E-state index is 12.0. The molecule has 0 radical (unpaired) electrons.